The lowest BCUT2D eigenvalue weighted by atomic mass is 10.0. The van der Waals surface area contributed by atoms with Gasteiger partial charge in [-0.3, -0.25) is 9.71 Å². The van der Waals surface area contributed by atoms with Gasteiger partial charge in [0.15, 0.2) is 0 Å². The smallest absolute Gasteiger partial charge is 0.496 e. The monoisotopic (exact) mass is 476 g/mol. The number of halogens is 3. The average Bonchev–Trinajstić information content (AvgIpc) is 2.77. The Hall–Kier alpha value is -3.93. The molecule has 0 radical (unpaired) electrons. The minimum atomic E-state index is -4.84. The molecule has 1 N–H and O–H groups in total. The summed E-state index contributed by atoms with van der Waals surface area (Å²) in [5.74, 6) is -0.210. The molecule has 0 spiro atoms. The van der Waals surface area contributed by atoms with Gasteiger partial charge in [0.1, 0.15) is 23.6 Å². The van der Waals surface area contributed by atoms with Crippen molar-refractivity contribution in [2.45, 2.75) is 11.3 Å². The molecule has 0 aliphatic heterocycles. The molecule has 0 amide bonds. The van der Waals surface area contributed by atoms with Crippen LogP contribution in [0, 0.1) is 0 Å². The molecule has 0 atom stereocenters. The van der Waals surface area contributed by atoms with Crippen LogP contribution in [-0.2, 0) is 10.0 Å². The van der Waals surface area contributed by atoms with E-state index in [1.165, 1.54) is 50.1 Å². The first-order valence-corrected chi connectivity index (χ1v) is 10.8. The van der Waals surface area contributed by atoms with Crippen LogP contribution in [0.15, 0.2) is 72.1 Å². The standard InChI is InChI=1S/C21H15F3N4O4S/c1-31-18-11-14(32-21(22,23)24)2-4-17(18)20-16-5-3-15(10-13(16)6-9-26-20)33(29,30)28-19-7-8-25-12-27-19/h2-12H,1H3,(H,25,27,28). The number of hydrogen-bond donors (Lipinski definition) is 1. The molecule has 2 aromatic heterocycles. The number of fused-ring (bicyclic) bond motifs is 1. The van der Waals surface area contributed by atoms with E-state index in [0.717, 1.165) is 12.1 Å². The van der Waals surface area contributed by atoms with Gasteiger partial charge in [0.2, 0.25) is 0 Å². The molecule has 0 fully saturated rings. The Balaban J connectivity index is 1.74. The van der Waals surface area contributed by atoms with E-state index in [2.05, 4.69) is 24.4 Å². The van der Waals surface area contributed by atoms with Gasteiger partial charge in [-0.2, -0.15) is 0 Å². The molecule has 0 saturated carbocycles. The number of sulfonamides is 1. The first-order valence-electron chi connectivity index (χ1n) is 9.28. The number of pyridine rings is 1. The first-order chi connectivity index (χ1) is 15.7. The van der Waals surface area contributed by atoms with E-state index in [1.54, 1.807) is 12.1 Å². The Morgan fingerprint density at radius 1 is 0.970 bits per heavy atom. The van der Waals surface area contributed by atoms with E-state index in [-0.39, 0.29) is 16.5 Å². The Morgan fingerprint density at radius 3 is 2.48 bits per heavy atom. The van der Waals surface area contributed by atoms with Crippen molar-refractivity contribution in [3.8, 4) is 22.8 Å². The SMILES string of the molecule is COc1cc(OC(F)(F)F)ccc1-c1nccc2cc(S(=O)(=O)Nc3ccncn3)ccc12. The van der Waals surface area contributed by atoms with Crippen LogP contribution in [0.3, 0.4) is 0 Å². The molecule has 33 heavy (non-hydrogen) atoms. The molecule has 8 nitrogen and oxygen atoms in total. The van der Waals surface area contributed by atoms with E-state index in [1.807, 2.05) is 0 Å². The number of alkyl halides is 3. The van der Waals surface area contributed by atoms with E-state index < -0.39 is 22.1 Å². The van der Waals surface area contributed by atoms with E-state index in [4.69, 9.17) is 4.74 Å². The summed E-state index contributed by atoms with van der Waals surface area (Å²) in [4.78, 5) is 11.9. The van der Waals surface area contributed by atoms with Gasteiger partial charge in [-0.25, -0.2) is 18.4 Å². The normalized spacial score (nSPS) is 11.9. The van der Waals surface area contributed by atoms with Crippen LogP contribution in [0.2, 0.25) is 0 Å². The highest BCUT2D eigenvalue weighted by molar-refractivity contribution is 7.92. The number of nitrogens with one attached hydrogen (secondary N) is 1. The largest absolute Gasteiger partial charge is 0.573 e. The van der Waals surface area contributed by atoms with Crippen molar-refractivity contribution in [1.82, 2.24) is 15.0 Å². The highest BCUT2D eigenvalue weighted by atomic mass is 32.2. The lowest BCUT2D eigenvalue weighted by Gasteiger charge is -2.14. The van der Waals surface area contributed by atoms with E-state index in [0.29, 0.717) is 22.0 Å². The summed E-state index contributed by atoms with van der Waals surface area (Å²) in [5, 5.41) is 1.12. The molecular formula is C21H15F3N4O4S. The van der Waals surface area contributed by atoms with Crippen LogP contribution in [0.1, 0.15) is 0 Å². The average molecular weight is 476 g/mol. The number of hydrogen-bond acceptors (Lipinski definition) is 7. The second-order valence-electron chi connectivity index (χ2n) is 6.65. The summed E-state index contributed by atoms with van der Waals surface area (Å²) >= 11 is 0. The Bertz CT molecular complexity index is 1410. The molecule has 0 unspecified atom stereocenters. The van der Waals surface area contributed by atoms with Crippen molar-refractivity contribution in [3.63, 3.8) is 0 Å². The maximum absolute atomic E-state index is 12.7. The summed E-state index contributed by atoms with van der Waals surface area (Å²) in [6.45, 7) is 0. The number of aromatic nitrogens is 3. The van der Waals surface area contributed by atoms with Gasteiger partial charge in [-0.1, -0.05) is 6.07 Å². The Labute approximate surface area is 186 Å². The third-order valence-electron chi connectivity index (χ3n) is 4.53. The summed E-state index contributed by atoms with van der Waals surface area (Å²) in [6, 6.07) is 11.1. The maximum atomic E-state index is 12.7. The predicted octanol–water partition coefficient (Wildman–Crippen LogP) is 4.40. The highest BCUT2D eigenvalue weighted by Crippen LogP contribution is 2.37. The molecule has 0 aliphatic rings. The fraction of sp³-hybridized carbons (Fsp3) is 0.0952. The highest BCUT2D eigenvalue weighted by Gasteiger charge is 2.31. The van der Waals surface area contributed by atoms with Crippen molar-refractivity contribution in [2.75, 3.05) is 11.8 Å². The Kier molecular flexibility index (Phi) is 5.77. The van der Waals surface area contributed by atoms with Gasteiger partial charge in [-0.15, -0.1) is 13.2 Å². The number of anilines is 1. The minimum Gasteiger partial charge on any atom is -0.496 e. The number of ether oxygens (including phenoxy) is 2. The third-order valence-corrected chi connectivity index (χ3v) is 5.88. The fourth-order valence-corrected chi connectivity index (χ4v) is 4.19. The van der Waals surface area contributed by atoms with Gasteiger partial charge >= 0.3 is 6.36 Å². The van der Waals surface area contributed by atoms with Crippen molar-refractivity contribution >= 4 is 26.6 Å². The lowest BCUT2D eigenvalue weighted by molar-refractivity contribution is -0.274. The van der Waals surface area contributed by atoms with Crippen LogP contribution >= 0.6 is 0 Å². The molecule has 2 heterocycles. The van der Waals surface area contributed by atoms with E-state index in [9.17, 15) is 21.6 Å². The topological polar surface area (TPSA) is 103 Å². The molecule has 170 valence electrons. The van der Waals surface area contributed by atoms with Crippen molar-refractivity contribution < 1.29 is 31.1 Å². The quantitative estimate of drug-likeness (QED) is 0.440. The summed E-state index contributed by atoms with van der Waals surface area (Å²) < 4.78 is 74.7. The molecular weight excluding hydrogens is 461 g/mol. The lowest BCUT2D eigenvalue weighted by Crippen LogP contribution is -2.17. The first kappa shape index (κ1) is 22.3. The van der Waals surface area contributed by atoms with Crippen molar-refractivity contribution in [1.29, 1.82) is 0 Å². The van der Waals surface area contributed by atoms with Crippen LogP contribution in [0.25, 0.3) is 22.0 Å². The van der Waals surface area contributed by atoms with Gasteiger partial charge < -0.3 is 9.47 Å². The van der Waals surface area contributed by atoms with Crippen LogP contribution in [0.5, 0.6) is 11.5 Å². The fourth-order valence-electron chi connectivity index (χ4n) is 3.15. The Morgan fingerprint density at radius 2 is 1.79 bits per heavy atom. The predicted molar refractivity (Wildman–Crippen MR) is 113 cm³/mol. The minimum absolute atomic E-state index is 0.00773. The number of nitrogens with zero attached hydrogens (tertiary/aromatic N) is 3. The third kappa shape index (κ3) is 4.95. The second-order valence-corrected chi connectivity index (χ2v) is 8.33. The molecule has 12 heteroatoms. The number of benzene rings is 2. The van der Waals surface area contributed by atoms with Crippen molar-refractivity contribution in [3.05, 3.63) is 67.3 Å². The molecule has 0 bridgehead atoms. The zero-order chi connectivity index (χ0) is 23.6. The summed E-state index contributed by atoms with van der Waals surface area (Å²) in [6.07, 6.45) is -0.756. The van der Waals surface area contributed by atoms with Gasteiger partial charge in [-0.05, 0) is 41.8 Å². The number of methoxy groups -OCH3 is 1. The summed E-state index contributed by atoms with van der Waals surface area (Å²) in [5.41, 5.74) is 0.808. The molecule has 4 rings (SSSR count). The van der Waals surface area contributed by atoms with Gasteiger partial charge in [0.25, 0.3) is 10.0 Å². The molecule has 4 aromatic rings. The maximum Gasteiger partial charge on any atom is 0.573 e. The van der Waals surface area contributed by atoms with Crippen LogP contribution in [0.4, 0.5) is 19.0 Å². The van der Waals surface area contributed by atoms with Crippen LogP contribution in [-0.4, -0.2) is 36.8 Å². The van der Waals surface area contributed by atoms with Crippen LogP contribution < -0.4 is 14.2 Å². The second kappa shape index (κ2) is 8.54. The summed E-state index contributed by atoms with van der Waals surface area (Å²) in [7, 11) is -2.62. The number of rotatable bonds is 6. The molecule has 0 aliphatic carbocycles. The zero-order valence-electron chi connectivity index (χ0n) is 16.9. The van der Waals surface area contributed by atoms with Gasteiger partial charge in [0, 0.05) is 29.4 Å². The van der Waals surface area contributed by atoms with E-state index >= 15 is 0 Å². The van der Waals surface area contributed by atoms with Gasteiger partial charge in [0.05, 0.1) is 17.7 Å². The molecule has 2 aromatic carbocycles. The van der Waals surface area contributed by atoms with Crippen molar-refractivity contribution in [2.24, 2.45) is 0 Å². The molecule has 0 saturated heterocycles. The zero-order valence-corrected chi connectivity index (χ0v) is 17.7.